The Hall–Kier alpha value is -2.38. The van der Waals surface area contributed by atoms with Crippen LogP contribution in [0.3, 0.4) is 0 Å². The number of hydrogen-bond donors (Lipinski definition) is 4. The zero-order valence-electron chi connectivity index (χ0n) is 11.4. The molecule has 2 aliphatic rings. The van der Waals surface area contributed by atoms with Crippen LogP contribution < -0.4 is 22.1 Å². The molecule has 0 spiro atoms. The lowest BCUT2D eigenvalue weighted by Gasteiger charge is -2.28. The monoisotopic (exact) mass is 290 g/mol. The van der Waals surface area contributed by atoms with Gasteiger partial charge in [0, 0.05) is 0 Å². The summed E-state index contributed by atoms with van der Waals surface area (Å²) in [6, 6.07) is 0. The van der Waals surface area contributed by atoms with Crippen LogP contribution in [0.1, 0.15) is 12.8 Å². The van der Waals surface area contributed by atoms with E-state index in [9.17, 15) is 9.59 Å². The number of rotatable bonds is 4. The Bertz CT molecular complexity index is 504. The normalized spacial score (nSPS) is 29.6. The van der Waals surface area contributed by atoms with Gasteiger partial charge in [0.05, 0.1) is 12.8 Å². The first-order valence-corrected chi connectivity index (χ1v) is 6.46. The Labute approximate surface area is 122 Å². The van der Waals surface area contributed by atoms with Crippen molar-refractivity contribution in [2.24, 2.45) is 11.5 Å². The minimum atomic E-state index is -1.04. The molecule has 2 heterocycles. The fourth-order valence-corrected chi connectivity index (χ4v) is 1.97. The Morgan fingerprint density at radius 2 is 1.29 bits per heavy atom. The predicted molar refractivity (Wildman–Crippen MR) is 77.0 cm³/mol. The van der Waals surface area contributed by atoms with E-state index < -0.39 is 23.3 Å². The molecule has 2 rings (SSSR count). The van der Waals surface area contributed by atoms with Crippen LogP contribution >= 0.6 is 0 Å². The van der Waals surface area contributed by atoms with Gasteiger partial charge in [0.25, 0.3) is 0 Å². The SMILES string of the molecule is NC1(CC(=O)OC(=O)CC2(N)C=CC=CN2)C=CC=CN1. The number of carbonyl (C=O) groups excluding carboxylic acids is 2. The number of ether oxygens (including phenoxy) is 1. The maximum Gasteiger partial charge on any atom is 0.317 e. The molecule has 0 aromatic rings. The fourth-order valence-electron chi connectivity index (χ4n) is 1.97. The Kier molecular flexibility index (Phi) is 4.25. The first-order chi connectivity index (χ1) is 9.91. The zero-order chi connectivity index (χ0) is 15.3. The van der Waals surface area contributed by atoms with Crippen LogP contribution in [0.4, 0.5) is 0 Å². The third kappa shape index (κ3) is 4.30. The molecule has 6 N–H and O–H groups in total. The molecular weight excluding hydrogens is 272 g/mol. The average molecular weight is 290 g/mol. The smallest absolute Gasteiger partial charge is 0.317 e. The van der Waals surface area contributed by atoms with Gasteiger partial charge in [0.2, 0.25) is 0 Å². The van der Waals surface area contributed by atoms with E-state index in [0.717, 1.165) is 0 Å². The molecule has 0 fully saturated rings. The lowest BCUT2D eigenvalue weighted by Crippen LogP contribution is -2.53. The summed E-state index contributed by atoms with van der Waals surface area (Å²) >= 11 is 0. The van der Waals surface area contributed by atoms with Gasteiger partial charge in [-0.2, -0.15) is 0 Å². The highest BCUT2D eigenvalue weighted by Crippen LogP contribution is 2.13. The first kappa shape index (κ1) is 15.0. The Morgan fingerprint density at radius 1 is 0.857 bits per heavy atom. The van der Waals surface area contributed by atoms with Crippen LogP contribution in [-0.4, -0.2) is 23.3 Å². The second-order valence-electron chi connectivity index (χ2n) is 5.01. The van der Waals surface area contributed by atoms with Gasteiger partial charge in [-0.15, -0.1) is 0 Å². The van der Waals surface area contributed by atoms with E-state index in [4.69, 9.17) is 16.2 Å². The van der Waals surface area contributed by atoms with Crippen molar-refractivity contribution in [3.63, 3.8) is 0 Å². The zero-order valence-corrected chi connectivity index (χ0v) is 11.4. The van der Waals surface area contributed by atoms with Gasteiger partial charge in [0.1, 0.15) is 11.3 Å². The minimum absolute atomic E-state index is 0.166. The highest BCUT2D eigenvalue weighted by atomic mass is 16.6. The summed E-state index contributed by atoms with van der Waals surface area (Å²) in [4.78, 5) is 23.5. The van der Waals surface area contributed by atoms with Crippen LogP contribution in [0.2, 0.25) is 0 Å². The summed E-state index contributed by atoms with van der Waals surface area (Å²) in [5.41, 5.74) is 9.77. The van der Waals surface area contributed by atoms with Gasteiger partial charge in [0.15, 0.2) is 0 Å². The lowest BCUT2D eigenvalue weighted by molar-refractivity contribution is -0.161. The molecule has 0 aromatic heterocycles. The second-order valence-corrected chi connectivity index (χ2v) is 5.01. The van der Waals surface area contributed by atoms with Gasteiger partial charge in [-0.25, -0.2) is 0 Å². The molecule has 0 amide bonds. The molecule has 2 unspecified atom stereocenters. The number of dihydropyridines is 2. The van der Waals surface area contributed by atoms with Gasteiger partial charge >= 0.3 is 11.9 Å². The molecule has 0 aliphatic carbocycles. The van der Waals surface area contributed by atoms with E-state index >= 15 is 0 Å². The van der Waals surface area contributed by atoms with E-state index in [-0.39, 0.29) is 12.8 Å². The first-order valence-electron chi connectivity index (χ1n) is 6.46. The van der Waals surface area contributed by atoms with Crippen molar-refractivity contribution in [1.82, 2.24) is 10.6 Å². The molecule has 2 atom stereocenters. The second kappa shape index (κ2) is 5.94. The number of nitrogens with one attached hydrogen (secondary N) is 2. The van der Waals surface area contributed by atoms with Crippen LogP contribution in [0.25, 0.3) is 0 Å². The third-order valence-electron chi connectivity index (χ3n) is 3.01. The Balaban J connectivity index is 1.84. The van der Waals surface area contributed by atoms with E-state index in [1.165, 1.54) is 0 Å². The van der Waals surface area contributed by atoms with Crippen LogP contribution in [-0.2, 0) is 14.3 Å². The summed E-state index contributed by atoms with van der Waals surface area (Å²) in [5, 5.41) is 5.66. The Morgan fingerprint density at radius 3 is 1.62 bits per heavy atom. The number of nitrogens with two attached hydrogens (primary N) is 2. The predicted octanol–water partition coefficient (Wildman–Crippen LogP) is -0.507. The van der Waals surface area contributed by atoms with Gasteiger partial charge in [-0.3, -0.25) is 9.59 Å². The molecule has 21 heavy (non-hydrogen) atoms. The minimum Gasteiger partial charge on any atom is -0.393 e. The van der Waals surface area contributed by atoms with E-state index in [1.807, 2.05) is 0 Å². The molecule has 2 aliphatic heterocycles. The largest absolute Gasteiger partial charge is 0.393 e. The molecule has 112 valence electrons. The van der Waals surface area contributed by atoms with Crippen molar-refractivity contribution >= 4 is 11.9 Å². The van der Waals surface area contributed by atoms with Crippen LogP contribution in [0.15, 0.2) is 48.9 Å². The van der Waals surface area contributed by atoms with Gasteiger partial charge in [-0.1, -0.05) is 12.2 Å². The molecule has 0 bridgehead atoms. The summed E-state index contributed by atoms with van der Waals surface area (Å²) in [7, 11) is 0. The van der Waals surface area contributed by atoms with Crippen molar-refractivity contribution in [1.29, 1.82) is 0 Å². The number of hydrogen-bond acceptors (Lipinski definition) is 7. The fraction of sp³-hybridized carbons (Fsp3) is 0.286. The summed E-state index contributed by atoms with van der Waals surface area (Å²) in [5.74, 6) is -1.43. The molecular formula is C14H18N4O3. The quantitative estimate of drug-likeness (QED) is 0.407. The van der Waals surface area contributed by atoms with Crippen LogP contribution in [0, 0.1) is 0 Å². The number of allylic oxidation sites excluding steroid dienone is 4. The highest BCUT2D eigenvalue weighted by molar-refractivity contribution is 5.86. The third-order valence-corrected chi connectivity index (χ3v) is 3.01. The van der Waals surface area contributed by atoms with Gasteiger partial charge < -0.3 is 26.8 Å². The van der Waals surface area contributed by atoms with Gasteiger partial charge in [-0.05, 0) is 36.7 Å². The van der Waals surface area contributed by atoms with Crippen molar-refractivity contribution in [3.8, 4) is 0 Å². The van der Waals surface area contributed by atoms with Crippen molar-refractivity contribution in [2.75, 3.05) is 0 Å². The molecule has 0 radical (unpaired) electrons. The number of carbonyl (C=O) groups is 2. The highest BCUT2D eigenvalue weighted by Gasteiger charge is 2.30. The maximum atomic E-state index is 11.8. The standard InChI is InChI=1S/C14H18N4O3/c15-13(5-1-3-7-17-13)9-11(19)21-12(20)10-14(16)6-2-4-8-18-14/h1-8,17-18H,9-10,15-16H2. The van der Waals surface area contributed by atoms with E-state index in [0.29, 0.717) is 0 Å². The average Bonchev–Trinajstić information content (AvgIpc) is 2.38. The van der Waals surface area contributed by atoms with E-state index in [2.05, 4.69) is 10.6 Å². The maximum absolute atomic E-state index is 11.8. The lowest BCUT2D eigenvalue weighted by atomic mass is 10.0. The summed E-state index contributed by atoms with van der Waals surface area (Å²) < 4.78 is 4.75. The summed E-state index contributed by atoms with van der Waals surface area (Å²) in [6.45, 7) is 0. The molecule has 0 aromatic carbocycles. The van der Waals surface area contributed by atoms with Crippen LogP contribution in [0.5, 0.6) is 0 Å². The molecule has 7 heteroatoms. The molecule has 7 nitrogen and oxygen atoms in total. The van der Waals surface area contributed by atoms with E-state index in [1.54, 1.807) is 48.9 Å². The topological polar surface area (TPSA) is 119 Å². The van der Waals surface area contributed by atoms with Crippen molar-refractivity contribution < 1.29 is 14.3 Å². The molecule has 0 saturated heterocycles. The van der Waals surface area contributed by atoms with Crippen molar-refractivity contribution in [3.05, 3.63) is 48.9 Å². The van der Waals surface area contributed by atoms with Crippen molar-refractivity contribution in [2.45, 2.75) is 24.2 Å². The summed E-state index contributed by atoms with van der Waals surface area (Å²) in [6.07, 6.45) is 13.1. The number of esters is 2. The molecule has 0 saturated carbocycles.